The Bertz CT molecular complexity index is 206. The van der Waals surface area contributed by atoms with E-state index in [0.29, 0.717) is 19.6 Å². The molecule has 0 aromatic rings. The summed E-state index contributed by atoms with van der Waals surface area (Å²) in [7, 11) is 0. The Labute approximate surface area is 132 Å². The van der Waals surface area contributed by atoms with Gasteiger partial charge in [0, 0.05) is 25.7 Å². The summed E-state index contributed by atoms with van der Waals surface area (Å²) in [4.78, 5) is 10.4. The molecule has 6 heteroatoms. The van der Waals surface area contributed by atoms with Crippen molar-refractivity contribution in [3.8, 4) is 0 Å². The van der Waals surface area contributed by atoms with Gasteiger partial charge in [-0.2, -0.15) is 0 Å². The van der Waals surface area contributed by atoms with Crippen molar-refractivity contribution in [1.82, 2.24) is 10.6 Å². The van der Waals surface area contributed by atoms with Crippen LogP contribution in [0.15, 0.2) is 0 Å². The molecule has 18 heavy (non-hydrogen) atoms. The minimum Gasteiger partial charge on any atom is -0.548 e. The van der Waals surface area contributed by atoms with Gasteiger partial charge < -0.3 is 25.6 Å². The SMILES string of the molecule is CCCCCC(O)CNCCNC(C)C(=O)[O-].[Na+]. The summed E-state index contributed by atoms with van der Waals surface area (Å²) in [5.41, 5.74) is 0. The maximum Gasteiger partial charge on any atom is 1.00 e. The van der Waals surface area contributed by atoms with Crippen molar-refractivity contribution in [3.63, 3.8) is 0 Å². The van der Waals surface area contributed by atoms with Gasteiger partial charge in [0.2, 0.25) is 0 Å². The fourth-order valence-electron chi connectivity index (χ4n) is 1.46. The average molecular weight is 268 g/mol. The molecule has 0 aromatic carbocycles. The minimum atomic E-state index is -1.09. The quantitative estimate of drug-likeness (QED) is 0.265. The fraction of sp³-hybridized carbons (Fsp3) is 0.917. The van der Waals surface area contributed by atoms with Gasteiger partial charge in [-0.25, -0.2) is 0 Å². The van der Waals surface area contributed by atoms with Gasteiger partial charge in [-0.15, -0.1) is 0 Å². The number of hydrogen-bond donors (Lipinski definition) is 3. The number of nitrogens with one attached hydrogen (secondary N) is 2. The molecule has 0 heterocycles. The van der Waals surface area contributed by atoms with Crippen LogP contribution in [0.3, 0.4) is 0 Å². The molecule has 5 nitrogen and oxygen atoms in total. The zero-order valence-corrected chi connectivity index (χ0v) is 13.9. The van der Waals surface area contributed by atoms with Gasteiger partial charge in [0.25, 0.3) is 0 Å². The van der Waals surface area contributed by atoms with Crippen LogP contribution in [0.5, 0.6) is 0 Å². The molecule has 0 saturated heterocycles. The Morgan fingerprint density at radius 3 is 2.56 bits per heavy atom. The zero-order valence-electron chi connectivity index (χ0n) is 11.9. The number of aliphatic hydroxyl groups excluding tert-OH is 1. The van der Waals surface area contributed by atoms with Crippen molar-refractivity contribution in [1.29, 1.82) is 0 Å². The van der Waals surface area contributed by atoms with Gasteiger partial charge in [-0.05, 0) is 13.3 Å². The molecule has 0 saturated carbocycles. The first-order chi connectivity index (χ1) is 8.07. The fourth-order valence-corrected chi connectivity index (χ4v) is 1.46. The van der Waals surface area contributed by atoms with E-state index in [1.807, 2.05) is 0 Å². The van der Waals surface area contributed by atoms with E-state index in [1.54, 1.807) is 6.92 Å². The first-order valence-electron chi connectivity index (χ1n) is 6.41. The number of aliphatic carboxylic acids is 1. The number of aliphatic hydroxyl groups is 1. The minimum absolute atomic E-state index is 0. The van der Waals surface area contributed by atoms with Crippen LogP contribution in [0.25, 0.3) is 0 Å². The second-order valence-electron chi connectivity index (χ2n) is 4.35. The van der Waals surface area contributed by atoms with E-state index in [9.17, 15) is 15.0 Å². The van der Waals surface area contributed by atoms with Crippen LogP contribution < -0.4 is 45.3 Å². The molecule has 0 aliphatic rings. The first-order valence-corrected chi connectivity index (χ1v) is 6.41. The van der Waals surface area contributed by atoms with Gasteiger partial charge in [-0.1, -0.05) is 26.2 Å². The van der Waals surface area contributed by atoms with E-state index < -0.39 is 12.0 Å². The maximum absolute atomic E-state index is 10.4. The summed E-state index contributed by atoms with van der Waals surface area (Å²) in [6.07, 6.45) is 3.88. The Kier molecular flexibility index (Phi) is 15.8. The number of hydrogen-bond acceptors (Lipinski definition) is 5. The predicted molar refractivity (Wildman–Crippen MR) is 65.5 cm³/mol. The van der Waals surface area contributed by atoms with Crippen molar-refractivity contribution in [2.24, 2.45) is 0 Å². The van der Waals surface area contributed by atoms with Gasteiger partial charge in [0.15, 0.2) is 0 Å². The van der Waals surface area contributed by atoms with E-state index in [2.05, 4.69) is 17.6 Å². The predicted octanol–water partition coefficient (Wildman–Crippen LogP) is -3.75. The largest absolute Gasteiger partial charge is 1.00 e. The topological polar surface area (TPSA) is 84.4 Å². The van der Waals surface area contributed by atoms with Gasteiger partial charge >= 0.3 is 29.6 Å². The summed E-state index contributed by atoms with van der Waals surface area (Å²) in [5, 5.41) is 25.9. The summed E-state index contributed by atoms with van der Waals surface area (Å²) < 4.78 is 0. The van der Waals surface area contributed by atoms with Crippen LogP contribution in [-0.2, 0) is 4.79 Å². The Morgan fingerprint density at radius 1 is 1.33 bits per heavy atom. The molecule has 0 bridgehead atoms. The number of carbonyl (C=O) groups is 1. The Hall–Kier alpha value is 0.350. The molecular weight excluding hydrogens is 243 g/mol. The van der Waals surface area contributed by atoms with Crippen molar-refractivity contribution < 1.29 is 44.6 Å². The molecule has 0 amide bonds. The van der Waals surface area contributed by atoms with Crippen molar-refractivity contribution in [3.05, 3.63) is 0 Å². The Morgan fingerprint density at radius 2 is 2.00 bits per heavy atom. The third-order valence-corrected chi connectivity index (χ3v) is 2.63. The monoisotopic (exact) mass is 268 g/mol. The van der Waals surface area contributed by atoms with Crippen LogP contribution in [0.4, 0.5) is 0 Å². The number of carbonyl (C=O) groups excluding carboxylic acids is 1. The standard InChI is InChI=1S/C12H26N2O3.Na/c1-3-4-5-6-11(15)9-13-7-8-14-10(2)12(16)17;/h10-11,13-15H,3-9H2,1-2H3,(H,16,17);/q;+1/p-1. The molecule has 2 unspecified atom stereocenters. The summed E-state index contributed by atoms with van der Waals surface area (Å²) >= 11 is 0. The third-order valence-electron chi connectivity index (χ3n) is 2.63. The van der Waals surface area contributed by atoms with Crippen LogP contribution in [0.2, 0.25) is 0 Å². The van der Waals surface area contributed by atoms with E-state index in [1.165, 1.54) is 0 Å². The van der Waals surface area contributed by atoms with E-state index in [-0.39, 0.29) is 35.7 Å². The van der Waals surface area contributed by atoms with Gasteiger partial charge in [0.1, 0.15) is 0 Å². The second kappa shape index (κ2) is 13.8. The van der Waals surface area contributed by atoms with Crippen LogP contribution >= 0.6 is 0 Å². The molecule has 3 N–H and O–H groups in total. The summed E-state index contributed by atoms with van der Waals surface area (Å²) in [6, 6.07) is -0.633. The van der Waals surface area contributed by atoms with Crippen molar-refractivity contribution in [2.45, 2.75) is 51.7 Å². The smallest absolute Gasteiger partial charge is 0.548 e. The van der Waals surface area contributed by atoms with Crippen molar-refractivity contribution >= 4 is 5.97 Å². The number of carboxylic acids is 1. The van der Waals surface area contributed by atoms with Crippen LogP contribution in [0.1, 0.15) is 39.5 Å². The normalized spacial score (nSPS) is 13.7. The zero-order chi connectivity index (χ0) is 13.1. The van der Waals surface area contributed by atoms with Gasteiger partial charge in [-0.3, -0.25) is 0 Å². The molecule has 0 radical (unpaired) electrons. The summed E-state index contributed by atoms with van der Waals surface area (Å²) in [6.45, 7) is 5.44. The van der Waals surface area contributed by atoms with Crippen LogP contribution in [0, 0.1) is 0 Å². The average Bonchev–Trinajstić information content (AvgIpc) is 2.28. The molecule has 0 aliphatic carbocycles. The molecule has 2 atom stereocenters. The molecular formula is C12H25N2NaO3. The molecule has 102 valence electrons. The van der Waals surface area contributed by atoms with E-state index in [0.717, 1.165) is 25.7 Å². The summed E-state index contributed by atoms with van der Waals surface area (Å²) in [5.74, 6) is -1.09. The number of unbranched alkanes of at least 4 members (excludes halogenated alkanes) is 2. The molecule has 0 fully saturated rings. The second-order valence-corrected chi connectivity index (χ2v) is 4.35. The Balaban J connectivity index is 0. The molecule has 0 spiro atoms. The molecule has 0 aromatic heterocycles. The van der Waals surface area contributed by atoms with E-state index in [4.69, 9.17) is 0 Å². The molecule has 0 rings (SSSR count). The third kappa shape index (κ3) is 12.8. The molecule has 0 aliphatic heterocycles. The van der Waals surface area contributed by atoms with E-state index >= 15 is 0 Å². The maximum atomic E-state index is 10.4. The number of carboxylic acid groups (broad SMARTS) is 1. The first kappa shape index (κ1) is 20.7. The van der Waals surface area contributed by atoms with Gasteiger partial charge in [0.05, 0.1) is 12.1 Å². The number of rotatable bonds is 11. The van der Waals surface area contributed by atoms with Crippen molar-refractivity contribution in [2.75, 3.05) is 19.6 Å². The van der Waals surface area contributed by atoms with Crippen LogP contribution in [-0.4, -0.2) is 42.9 Å².